The summed E-state index contributed by atoms with van der Waals surface area (Å²) in [4.78, 5) is 9.52. The maximum Gasteiger partial charge on any atom is 0.167 e. The molecule has 0 saturated carbocycles. The highest BCUT2D eigenvalue weighted by molar-refractivity contribution is 7.46. The van der Waals surface area contributed by atoms with Gasteiger partial charge in [0.1, 0.15) is 0 Å². The fourth-order valence-electron chi connectivity index (χ4n) is 1.41. The fraction of sp³-hybridized carbons (Fsp3) is 1.00. The zero-order valence-electron chi connectivity index (χ0n) is 10.4. The van der Waals surface area contributed by atoms with Gasteiger partial charge in [0.15, 0.2) is 8.38 Å². The van der Waals surface area contributed by atoms with Crippen molar-refractivity contribution in [2.45, 2.75) is 65.2 Å². The number of rotatable bonds is 11. The summed E-state index contributed by atoms with van der Waals surface area (Å²) in [6.07, 6.45) is 10.7. The van der Waals surface area contributed by atoms with Gasteiger partial charge in [0.05, 0.1) is 6.61 Å². The molecule has 0 heterocycles. The maximum atomic E-state index is 9.52. The van der Waals surface area contributed by atoms with Crippen molar-refractivity contribution in [3.05, 3.63) is 0 Å². The van der Waals surface area contributed by atoms with Crippen LogP contribution in [0.1, 0.15) is 65.2 Å². The molecule has 0 fully saturated rings. The highest BCUT2D eigenvalue weighted by atomic mass is 31.2. The monoisotopic (exact) mass is 234 g/mol. The van der Waals surface area contributed by atoms with E-state index in [9.17, 15) is 4.89 Å². The average molecular weight is 234 g/mol. The molecule has 0 bridgehead atoms. The Balaban J connectivity index is 3.06. The molecule has 0 aromatic rings. The molecule has 0 aromatic carbocycles. The summed E-state index contributed by atoms with van der Waals surface area (Å²) in [6, 6.07) is 0. The molecule has 15 heavy (non-hydrogen) atoms. The molecule has 1 N–H and O–H groups in total. The van der Waals surface area contributed by atoms with Gasteiger partial charge in [0, 0.05) is 6.16 Å². The van der Waals surface area contributed by atoms with E-state index in [2.05, 4.69) is 13.8 Å². The standard InChI is InChI=1S/C12H27O2P/c1-3-5-7-8-9-10-12-15(13)14-11-6-4-2/h13H,3-12H2,1-2H3. The number of unbranched alkanes of at least 4 members (excludes halogenated alkanes) is 6. The van der Waals surface area contributed by atoms with E-state index in [1.807, 2.05) is 0 Å². The topological polar surface area (TPSA) is 29.5 Å². The maximum absolute atomic E-state index is 9.52. The Kier molecular flexibility index (Phi) is 12.7. The molecule has 0 rings (SSSR count). The van der Waals surface area contributed by atoms with Gasteiger partial charge in [-0.05, 0) is 12.8 Å². The first-order valence-corrected chi connectivity index (χ1v) is 7.80. The molecular formula is C12H27O2P. The van der Waals surface area contributed by atoms with Crippen LogP contribution in [0.15, 0.2) is 0 Å². The average Bonchev–Trinajstić information content (AvgIpc) is 2.23. The summed E-state index contributed by atoms with van der Waals surface area (Å²) in [6.45, 7) is 5.10. The van der Waals surface area contributed by atoms with Crippen LogP contribution in [-0.2, 0) is 4.52 Å². The molecule has 92 valence electrons. The molecule has 1 unspecified atom stereocenters. The summed E-state index contributed by atoms with van der Waals surface area (Å²) in [5, 5.41) is 0. The lowest BCUT2D eigenvalue weighted by Gasteiger charge is -2.10. The van der Waals surface area contributed by atoms with E-state index in [1.54, 1.807) is 0 Å². The van der Waals surface area contributed by atoms with Crippen molar-refractivity contribution in [1.29, 1.82) is 0 Å². The number of hydrogen-bond donors (Lipinski definition) is 1. The molecule has 0 saturated heterocycles. The third-order valence-corrected chi connectivity index (χ3v) is 3.62. The van der Waals surface area contributed by atoms with Crippen LogP contribution in [0.4, 0.5) is 0 Å². The van der Waals surface area contributed by atoms with Gasteiger partial charge in [0.25, 0.3) is 0 Å². The van der Waals surface area contributed by atoms with Crippen LogP contribution in [-0.4, -0.2) is 17.7 Å². The van der Waals surface area contributed by atoms with E-state index >= 15 is 0 Å². The van der Waals surface area contributed by atoms with E-state index in [0.29, 0.717) is 0 Å². The van der Waals surface area contributed by atoms with Gasteiger partial charge >= 0.3 is 0 Å². The van der Waals surface area contributed by atoms with Crippen molar-refractivity contribution >= 4 is 8.38 Å². The highest BCUT2D eigenvalue weighted by Gasteiger charge is 2.03. The second kappa shape index (κ2) is 12.4. The minimum atomic E-state index is -1.12. The third-order valence-electron chi connectivity index (χ3n) is 2.44. The van der Waals surface area contributed by atoms with Crippen LogP contribution >= 0.6 is 8.38 Å². The first-order valence-electron chi connectivity index (χ1n) is 6.40. The van der Waals surface area contributed by atoms with Gasteiger partial charge in [-0.2, -0.15) is 0 Å². The van der Waals surface area contributed by atoms with Gasteiger partial charge in [0.2, 0.25) is 0 Å². The SMILES string of the molecule is CCCCCCCCP(O)OCCCC. The first kappa shape index (κ1) is 15.3. The Morgan fingerprint density at radius 1 is 0.867 bits per heavy atom. The highest BCUT2D eigenvalue weighted by Crippen LogP contribution is 2.32. The lowest BCUT2D eigenvalue weighted by Crippen LogP contribution is -1.92. The molecular weight excluding hydrogens is 207 g/mol. The lowest BCUT2D eigenvalue weighted by atomic mass is 10.1. The Hall–Kier alpha value is 0.350. The summed E-state index contributed by atoms with van der Waals surface area (Å²) >= 11 is 0. The predicted octanol–water partition coefficient (Wildman–Crippen LogP) is 4.47. The Bertz CT molecular complexity index is 120. The van der Waals surface area contributed by atoms with Crippen LogP contribution in [0.5, 0.6) is 0 Å². The summed E-state index contributed by atoms with van der Waals surface area (Å²) < 4.78 is 5.33. The molecule has 1 atom stereocenters. The second-order valence-electron chi connectivity index (χ2n) is 4.03. The second-order valence-corrected chi connectivity index (χ2v) is 5.44. The van der Waals surface area contributed by atoms with E-state index < -0.39 is 8.38 Å². The summed E-state index contributed by atoms with van der Waals surface area (Å²) in [7, 11) is -1.12. The molecule has 2 nitrogen and oxygen atoms in total. The van der Waals surface area contributed by atoms with Crippen LogP contribution in [0.25, 0.3) is 0 Å². The molecule has 0 aromatic heterocycles. The minimum absolute atomic E-state index is 0.731. The summed E-state index contributed by atoms with van der Waals surface area (Å²) in [5.41, 5.74) is 0. The van der Waals surface area contributed by atoms with E-state index in [-0.39, 0.29) is 0 Å². The van der Waals surface area contributed by atoms with Crippen LogP contribution in [0.2, 0.25) is 0 Å². The normalized spacial score (nSPS) is 13.0. The van der Waals surface area contributed by atoms with Crippen molar-refractivity contribution in [2.24, 2.45) is 0 Å². The van der Waals surface area contributed by atoms with E-state index in [4.69, 9.17) is 4.52 Å². The molecule has 0 radical (unpaired) electrons. The predicted molar refractivity (Wildman–Crippen MR) is 68.2 cm³/mol. The van der Waals surface area contributed by atoms with Crippen LogP contribution in [0.3, 0.4) is 0 Å². The molecule has 0 amide bonds. The smallest absolute Gasteiger partial charge is 0.167 e. The quantitative estimate of drug-likeness (QED) is 0.422. The van der Waals surface area contributed by atoms with Crippen molar-refractivity contribution in [3.8, 4) is 0 Å². The summed E-state index contributed by atoms with van der Waals surface area (Å²) in [5.74, 6) is 0. The zero-order chi connectivity index (χ0) is 11.4. The lowest BCUT2D eigenvalue weighted by molar-refractivity contribution is 0.302. The third kappa shape index (κ3) is 12.3. The van der Waals surface area contributed by atoms with Crippen molar-refractivity contribution in [3.63, 3.8) is 0 Å². The van der Waals surface area contributed by atoms with E-state index in [0.717, 1.165) is 32.0 Å². The van der Waals surface area contributed by atoms with Gasteiger partial charge in [-0.25, -0.2) is 0 Å². The first-order chi connectivity index (χ1) is 7.31. The Morgan fingerprint density at radius 3 is 2.13 bits per heavy atom. The Morgan fingerprint density at radius 2 is 1.47 bits per heavy atom. The van der Waals surface area contributed by atoms with Crippen molar-refractivity contribution in [1.82, 2.24) is 0 Å². The van der Waals surface area contributed by atoms with Gasteiger partial charge < -0.3 is 9.42 Å². The fourth-order valence-corrected chi connectivity index (χ4v) is 2.37. The molecule has 0 spiro atoms. The van der Waals surface area contributed by atoms with Gasteiger partial charge in [-0.3, -0.25) is 0 Å². The van der Waals surface area contributed by atoms with Gasteiger partial charge in [-0.1, -0.05) is 52.4 Å². The minimum Gasteiger partial charge on any atom is -0.350 e. The number of hydrogen-bond acceptors (Lipinski definition) is 2. The Labute approximate surface area is 96.3 Å². The zero-order valence-corrected chi connectivity index (χ0v) is 11.3. The largest absolute Gasteiger partial charge is 0.350 e. The van der Waals surface area contributed by atoms with Crippen LogP contribution < -0.4 is 0 Å². The van der Waals surface area contributed by atoms with Crippen molar-refractivity contribution < 1.29 is 9.42 Å². The van der Waals surface area contributed by atoms with E-state index in [1.165, 1.54) is 32.1 Å². The van der Waals surface area contributed by atoms with Crippen molar-refractivity contribution in [2.75, 3.05) is 12.8 Å². The molecule has 0 aliphatic heterocycles. The molecule has 0 aliphatic rings. The molecule has 0 aliphatic carbocycles. The molecule has 3 heteroatoms. The van der Waals surface area contributed by atoms with Gasteiger partial charge in [-0.15, -0.1) is 0 Å². The van der Waals surface area contributed by atoms with Crippen LogP contribution in [0, 0.1) is 0 Å².